The Balaban J connectivity index is 1.64. The first-order valence-electron chi connectivity index (χ1n) is 9.88. The van der Waals surface area contributed by atoms with E-state index in [1.54, 1.807) is 0 Å². The fourth-order valence-corrected chi connectivity index (χ4v) is 7.62. The van der Waals surface area contributed by atoms with Crippen molar-refractivity contribution >= 4 is 0 Å². The molecular formula is C21H34O2. The number of hydrogen-bond acceptors (Lipinski definition) is 2. The number of hydrogen-bond donors (Lipinski definition) is 2. The van der Waals surface area contributed by atoms with Crippen LogP contribution in [0.5, 0.6) is 0 Å². The molecule has 2 heteroatoms. The predicted molar refractivity (Wildman–Crippen MR) is 92.9 cm³/mol. The number of aliphatic hydroxyl groups is 2. The Morgan fingerprint density at radius 2 is 1.70 bits per heavy atom. The van der Waals surface area contributed by atoms with Crippen LogP contribution in [0.2, 0.25) is 0 Å². The van der Waals surface area contributed by atoms with E-state index >= 15 is 0 Å². The van der Waals surface area contributed by atoms with Gasteiger partial charge in [0.15, 0.2) is 0 Å². The van der Waals surface area contributed by atoms with Gasteiger partial charge in [0, 0.05) is 5.41 Å². The molecule has 4 aliphatic carbocycles. The minimum Gasteiger partial charge on any atom is -0.393 e. The smallest absolute Gasteiger partial charge is 0.0881 e. The standard InChI is InChI=1S/C21H34O2/c1-4-21(23)12-9-18-16-6-5-14-13-15(22)7-10-19(14,2)17(16)8-11-20(18,21)3/h4,14-18,22-23H,1,5-13H2,2-3H3/t14-,15+,16+,17+,18+,19-,20-,21-/m0/s1. The van der Waals surface area contributed by atoms with Gasteiger partial charge in [-0.05, 0) is 86.9 Å². The molecule has 23 heavy (non-hydrogen) atoms. The van der Waals surface area contributed by atoms with Crippen LogP contribution in [0.3, 0.4) is 0 Å². The zero-order chi connectivity index (χ0) is 16.5. The molecule has 0 unspecified atom stereocenters. The minimum atomic E-state index is -0.650. The van der Waals surface area contributed by atoms with Crippen molar-refractivity contribution in [3.8, 4) is 0 Å². The average Bonchev–Trinajstić information content (AvgIpc) is 2.80. The van der Waals surface area contributed by atoms with Gasteiger partial charge >= 0.3 is 0 Å². The lowest BCUT2D eigenvalue weighted by atomic mass is 9.44. The molecule has 0 aromatic carbocycles. The fraction of sp³-hybridized carbons (Fsp3) is 0.905. The normalized spacial score (nSPS) is 58.9. The first kappa shape index (κ1) is 16.1. The van der Waals surface area contributed by atoms with Crippen LogP contribution in [-0.4, -0.2) is 21.9 Å². The number of rotatable bonds is 1. The van der Waals surface area contributed by atoms with Gasteiger partial charge in [-0.1, -0.05) is 19.9 Å². The maximum Gasteiger partial charge on any atom is 0.0881 e. The Kier molecular flexibility index (Phi) is 3.57. The van der Waals surface area contributed by atoms with Gasteiger partial charge in [-0.15, -0.1) is 6.58 Å². The average molecular weight is 319 g/mol. The predicted octanol–water partition coefficient (Wildman–Crippen LogP) is 4.31. The lowest BCUT2D eigenvalue weighted by molar-refractivity contribution is -0.146. The summed E-state index contributed by atoms with van der Waals surface area (Å²) in [6.45, 7) is 8.82. The van der Waals surface area contributed by atoms with Crippen LogP contribution < -0.4 is 0 Å². The molecule has 4 saturated carbocycles. The van der Waals surface area contributed by atoms with Crippen molar-refractivity contribution in [3.05, 3.63) is 12.7 Å². The first-order chi connectivity index (χ1) is 10.8. The fourth-order valence-electron chi connectivity index (χ4n) is 7.62. The summed E-state index contributed by atoms with van der Waals surface area (Å²) in [5.41, 5.74) is -0.186. The summed E-state index contributed by atoms with van der Waals surface area (Å²) in [4.78, 5) is 0. The summed E-state index contributed by atoms with van der Waals surface area (Å²) in [5, 5.41) is 21.2. The summed E-state index contributed by atoms with van der Waals surface area (Å²) in [7, 11) is 0. The molecule has 0 bridgehead atoms. The third-order valence-corrected chi connectivity index (χ3v) is 9.19. The molecule has 2 nitrogen and oxygen atoms in total. The molecule has 0 amide bonds. The third kappa shape index (κ3) is 2.00. The van der Waals surface area contributed by atoms with Crippen LogP contribution in [0, 0.1) is 34.5 Å². The van der Waals surface area contributed by atoms with Crippen molar-refractivity contribution in [1.29, 1.82) is 0 Å². The molecule has 0 aliphatic heterocycles. The third-order valence-electron chi connectivity index (χ3n) is 9.19. The van der Waals surface area contributed by atoms with Crippen LogP contribution in [0.15, 0.2) is 12.7 Å². The molecule has 0 aromatic heterocycles. The molecule has 0 heterocycles. The Morgan fingerprint density at radius 1 is 0.957 bits per heavy atom. The molecule has 2 N–H and O–H groups in total. The topological polar surface area (TPSA) is 40.5 Å². The van der Waals surface area contributed by atoms with Crippen molar-refractivity contribution in [2.75, 3.05) is 0 Å². The van der Waals surface area contributed by atoms with E-state index < -0.39 is 5.60 Å². The Labute approximate surface area is 141 Å². The summed E-state index contributed by atoms with van der Waals surface area (Å²) in [5.74, 6) is 2.96. The molecule has 8 atom stereocenters. The second-order valence-electron chi connectivity index (χ2n) is 9.71. The molecule has 4 aliphatic rings. The van der Waals surface area contributed by atoms with Gasteiger partial charge in [0.1, 0.15) is 0 Å². The zero-order valence-electron chi connectivity index (χ0n) is 14.9. The molecule has 0 saturated heterocycles. The van der Waals surface area contributed by atoms with E-state index in [-0.39, 0.29) is 11.5 Å². The highest BCUT2D eigenvalue weighted by Crippen LogP contribution is 2.68. The Bertz CT molecular complexity index is 502. The maximum absolute atomic E-state index is 11.1. The van der Waals surface area contributed by atoms with Crippen LogP contribution in [-0.2, 0) is 0 Å². The molecule has 4 rings (SSSR count). The summed E-state index contributed by atoms with van der Waals surface area (Å²) in [6.07, 6.45) is 12.1. The second-order valence-corrected chi connectivity index (χ2v) is 9.71. The van der Waals surface area contributed by atoms with E-state index in [0.717, 1.165) is 43.4 Å². The SMILES string of the molecule is C=C[C@]1(O)CC[C@@H]2[C@@H]3CC[C@H]4C[C@H](O)CC[C@]4(C)[C@@H]3CC[C@@]21C. The maximum atomic E-state index is 11.1. The molecular weight excluding hydrogens is 284 g/mol. The van der Waals surface area contributed by atoms with Gasteiger partial charge in [0.05, 0.1) is 11.7 Å². The molecule has 0 spiro atoms. The Hall–Kier alpha value is -0.340. The summed E-state index contributed by atoms with van der Waals surface area (Å²) >= 11 is 0. The summed E-state index contributed by atoms with van der Waals surface area (Å²) in [6, 6.07) is 0. The monoisotopic (exact) mass is 318 g/mol. The van der Waals surface area contributed by atoms with Gasteiger partial charge in [0.25, 0.3) is 0 Å². The first-order valence-corrected chi connectivity index (χ1v) is 9.88. The van der Waals surface area contributed by atoms with Crippen LogP contribution in [0.4, 0.5) is 0 Å². The van der Waals surface area contributed by atoms with Gasteiger partial charge in [-0.3, -0.25) is 0 Å². The van der Waals surface area contributed by atoms with E-state index in [0.29, 0.717) is 11.3 Å². The number of fused-ring (bicyclic) bond motifs is 5. The van der Waals surface area contributed by atoms with E-state index in [2.05, 4.69) is 20.4 Å². The van der Waals surface area contributed by atoms with Crippen LogP contribution in [0.1, 0.15) is 71.6 Å². The van der Waals surface area contributed by atoms with Gasteiger partial charge in [-0.25, -0.2) is 0 Å². The van der Waals surface area contributed by atoms with Crippen molar-refractivity contribution in [1.82, 2.24) is 0 Å². The second kappa shape index (κ2) is 5.08. The molecule has 4 fully saturated rings. The van der Waals surface area contributed by atoms with E-state index in [4.69, 9.17) is 0 Å². The van der Waals surface area contributed by atoms with E-state index in [1.807, 2.05) is 6.08 Å². The Morgan fingerprint density at radius 3 is 2.43 bits per heavy atom. The lowest BCUT2D eigenvalue weighted by Gasteiger charge is -2.61. The lowest BCUT2D eigenvalue weighted by Crippen LogP contribution is -2.56. The van der Waals surface area contributed by atoms with E-state index in [9.17, 15) is 10.2 Å². The minimum absolute atomic E-state index is 0.0350. The zero-order valence-corrected chi connectivity index (χ0v) is 14.9. The van der Waals surface area contributed by atoms with Crippen molar-refractivity contribution in [2.24, 2.45) is 34.5 Å². The van der Waals surface area contributed by atoms with Gasteiger partial charge < -0.3 is 10.2 Å². The van der Waals surface area contributed by atoms with Crippen molar-refractivity contribution in [2.45, 2.75) is 83.3 Å². The molecule has 0 aromatic rings. The van der Waals surface area contributed by atoms with Crippen molar-refractivity contribution in [3.63, 3.8) is 0 Å². The highest BCUT2D eigenvalue weighted by Gasteiger charge is 2.63. The van der Waals surface area contributed by atoms with E-state index in [1.165, 1.54) is 32.1 Å². The van der Waals surface area contributed by atoms with Gasteiger partial charge in [-0.2, -0.15) is 0 Å². The summed E-state index contributed by atoms with van der Waals surface area (Å²) < 4.78 is 0. The highest BCUT2D eigenvalue weighted by atomic mass is 16.3. The number of aliphatic hydroxyl groups excluding tert-OH is 1. The largest absolute Gasteiger partial charge is 0.393 e. The molecule has 0 radical (unpaired) electrons. The van der Waals surface area contributed by atoms with Crippen LogP contribution >= 0.6 is 0 Å². The van der Waals surface area contributed by atoms with Crippen molar-refractivity contribution < 1.29 is 10.2 Å². The quantitative estimate of drug-likeness (QED) is 0.707. The van der Waals surface area contributed by atoms with Crippen LogP contribution in [0.25, 0.3) is 0 Å². The molecule has 130 valence electrons. The van der Waals surface area contributed by atoms with Gasteiger partial charge in [0.2, 0.25) is 0 Å². The highest BCUT2D eigenvalue weighted by molar-refractivity contribution is 5.18.